The van der Waals surface area contributed by atoms with Crippen molar-refractivity contribution in [2.75, 3.05) is 0 Å². The summed E-state index contributed by atoms with van der Waals surface area (Å²) in [6.45, 7) is 0.990. The SMILES string of the molecule is NCc1ccncc1COc1ccc(Br)cc1. The molecule has 0 saturated carbocycles. The molecule has 0 atom stereocenters. The molecule has 0 aliphatic heterocycles. The number of pyridine rings is 1. The summed E-state index contributed by atoms with van der Waals surface area (Å²) in [6.07, 6.45) is 3.53. The minimum atomic E-state index is 0.488. The maximum absolute atomic E-state index is 5.67. The number of benzene rings is 1. The molecule has 0 saturated heterocycles. The van der Waals surface area contributed by atoms with Crippen molar-refractivity contribution in [3.8, 4) is 5.75 Å². The number of hydrogen-bond donors (Lipinski definition) is 1. The van der Waals surface area contributed by atoms with Crippen LogP contribution in [0.3, 0.4) is 0 Å². The van der Waals surface area contributed by atoms with Crippen LogP contribution in [-0.2, 0) is 13.2 Å². The van der Waals surface area contributed by atoms with Crippen LogP contribution in [0.4, 0.5) is 0 Å². The smallest absolute Gasteiger partial charge is 0.119 e. The molecule has 17 heavy (non-hydrogen) atoms. The molecule has 0 aliphatic rings. The average Bonchev–Trinajstić information content (AvgIpc) is 2.38. The predicted molar refractivity (Wildman–Crippen MR) is 70.6 cm³/mol. The Balaban J connectivity index is 2.04. The number of hydrogen-bond acceptors (Lipinski definition) is 3. The number of aromatic nitrogens is 1. The van der Waals surface area contributed by atoms with Crippen molar-refractivity contribution in [3.05, 3.63) is 58.3 Å². The molecule has 1 heterocycles. The molecule has 2 rings (SSSR count). The predicted octanol–water partition coefficient (Wildman–Crippen LogP) is 2.88. The Kier molecular flexibility index (Phi) is 4.12. The summed E-state index contributed by atoms with van der Waals surface area (Å²) in [5.74, 6) is 0.833. The van der Waals surface area contributed by atoms with E-state index < -0.39 is 0 Å². The van der Waals surface area contributed by atoms with Crippen LogP contribution >= 0.6 is 15.9 Å². The van der Waals surface area contributed by atoms with Gasteiger partial charge in [0.1, 0.15) is 12.4 Å². The highest BCUT2D eigenvalue weighted by molar-refractivity contribution is 9.10. The van der Waals surface area contributed by atoms with Crippen LogP contribution in [-0.4, -0.2) is 4.98 Å². The van der Waals surface area contributed by atoms with Crippen molar-refractivity contribution in [2.45, 2.75) is 13.2 Å². The largest absolute Gasteiger partial charge is 0.489 e. The maximum atomic E-state index is 5.67. The van der Waals surface area contributed by atoms with Gasteiger partial charge < -0.3 is 10.5 Å². The minimum Gasteiger partial charge on any atom is -0.489 e. The van der Waals surface area contributed by atoms with Gasteiger partial charge in [0.25, 0.3) is 0 Å². The molecule has 0 amide bonds. The van der Waals surface area contributed by atoms with Gasteiger partial charge in [0.15, 0.2) is 0 Å². The molecule has 3 nitrogen and oxygen atoms in total. The van der Waals surface area contributed by atoms with E-state index in [2.05, 4.69) is 20.9 Å². The topological polar surface area (TPSA) is 48.1 Å². The first-order valence-electron chi connectivity index (χ1n) is 5.30. The second-order valence-electron chi connectivity index (χ2n) is 3.59. The van der Waals surface area contributed by atoms with Gasteiger partial charge in [-0.05, 0) is 35.9 Å². The van der Waals surface area contributed by atoms with Gasteiger partial charge in [0.05, 0.1) is 0 Å². The van der Waals surface area contributed by atoms with E-state index in [1.165, 1.54) is 0 Å². The number of ether oxygens (including phenoxy) is 1. The highest BCUT2D eigenvalue weighted by Gasteiger charge is 2.01. The zero-order chi connectivity index (χ0) is 12.1. The zero-order valence-corrected chi connectivity index (χ0v) is 10.9. The Hall–Kier alpha value is -1.39. The molecule has 0 radical (unpaired) electrons. The molecular formula is C13H13BrN2O. The summed E-state index contributed by atoms with van der Waals surface area (Å²) in [5, 5.41) is 0. The Morgan fingerprint density at radius 2 is 1.88 bits per heavy atom. The van der Waals surface area contributed by atoms with Crippen molar-refractivity contribution in [1.82, 2.24) is 4.98 Å². The molecule has 88 valence electrons. The molecule has 2 aromatic rings. The molecule has 2 N–H and O–H groups in total. The molecule has 4 heteroatoms. The van der Waals surface area contributed by atoms with Crippen LogP contribution in [0.25, 0.3) is 0 Å². The second kappa shape index (κ2) is 5.80. The molecular weight excluding hydrogens is 280 g/mol. The highest BCUT2D eigenvalue weighted by atomic mass is 79.9. The third kappa shape index (κ3) is 3.28. The summed E-state index contributed by atoms with van der Waals surface area (Å²) < 4.78 is 6.71. The zero-order valence-electron chi connectivity index (χ0n) is 9.27. The van der Waals surface area contributed by atoms with Crippen molar-refractivity contribution in [1.29, 1.82) is 0 Å². The van der Waals surface area contributed by atoms with E-state index in [1.54, 1.807) is 12.4 Å². The van der Waals surface area contributed by atoms with Crippen LogP contribution in [0.2, 0.25) is 0 Å². The fourth-order valence-corrected chi connectivity index (χ4v) is 1.74. The lowest BCUT2D eigenvalue weighted by molar-refractivity contribution is 0.304. The fourth-order valence-electron chi connectivity index (χ4n) is 1.48. The summed E-state index contributed by atoms with van der Waals surface area (Å²) in [7, 11) is 0. The monoisotopic (exact) mass is 292 g/mol. The number of rotatable bonds is 4. The fraction of sp³-hybridized carbons (Fsp3) is 0.154. The Bertz CT molecular complexity index is 485. The van der Waals surface area contributed by atoms with Crippen molar-refractivity contribution < 1.29 is 4.74 Å². The van der Waals surface area contributed by atoms with Crippen LogP contribution in [0.5, 0.6) is 5.75 Å². The van der Waals surface area contributed by atoms with E-state index in [0.29, 0.717) is 13.2 Å². The normalized spacial score (nSPS) is 10.2. The number of nitrogens with two attached hydrogens (primary N) is 1. The summed E-state index contributed by atoms with van der Waals surface area (Å²) in [4.78, 5) is 4.08. The van der Waals surface area contributed by atoms with Gasteiger partial charge in [0.2, 0.25) is 0 Å². The van der Waals surface area contributed by atoms with Crippen LogP contribution in [0, 0.1) is 0 Å². The lowest BCUT2D eigenvalue weighted by Gasteiger charge is -2.09. The van der Waals surface area contributed by atoms with Gasteiger partial charge >= 0.3 is 0 Å². The van der Waals surface area contributed by atoms with Gasteiger partial charge in [-0.1, -0.05) is 15.9 Å². The highest BCUT2D eigenvalue weighted by Crippen LogP contribution is 2.18. The standard InChI is InChI=1S/C13H13BrN2O/c14-12-1-3-13(4-2-12)17-9-11-8-16-6-5-10(11)7-15/h1-6,8H,7,9,15H2. The van der Waals surface area contributed by atoms with E-state index in [4.69, 9.17) is 10.5 Å². The molecule has 0 aliphatic carbocycles. The van der Waals surface area contributed by atoms with E-state index in [9.17, 15) is 0 Å². The first kappa shape index (κ1) is 12.1. The first-order valence-corrected chi connectivity index (χ1v) is 6.09. The van der Waals surface area contributed by atoms with Crippen LogP contribution in [0.15, 0.2) is 47.2 Å². The van der Waals surface area contributed by atoms with E-state index in [1.807, 2.05) is 30.3 Å². The lowest BCUT2D eigenvalue weighted by atomic mass is 10.1. The van der Waals surface area contributed by atoms with E-state index in [0.717, 1.165) is 21.3 Å². The molecule has 0 spiro atoms. The Morgan fingerprint density at radius 1 is 1.12 bits per heavy atom. The molecule has 1 aromatic heterocycles. The molecule has 0 bridgehead atoms. The van der Waals surface area contributed by atoms with Crippen molar-refractivity contribution in [3.63, 3.8) is 0 Å². The Labute approximate surface area is 109 Å². The van der Waals surface area contributed by atoms with Crippen molar-refractivity contribution in [2.24, 2.45) is 5.73 Å². The first-order chi connectivity index (χ1) is 8.29. The summed E-state index contributed by atoms with van der Waals surface area (Å²) >= 11 is 3.38. The second-order valence-corrected chi connectivity index (χ2v) is 4.51. The summed E-state index contributed by atoms with van der Waals surface area (Å²) in [6, 6.07) is 9.65. The van der Waals surface area contributed by atoms with Gasteiger partial charge in [-0.25, -0.2) is 0 Å². The average molecular weight is 293 g/mol. The molecule has 0 unspecified atom stereocenters. The summed E-state index contributed by atoms with van der Waals surface area (Å²) in [5.41, 5.74) is 7.74. The van der Waals surface area contributed by atoms with Crippen LogP contribution in [0.1, 0.15) is 11.1 Å². The van der Waals surface area contributed by atoms with Gasteiger partial charge in [-0.3, -0.25) is 4.98 Å². The van der Waals surface area contributed by atoms with Gasteiger partial charge in [-0.2, -0.15) is 0 Å². The maximum Gasteiger partial charge on any atom is 0.119 e. The number of nitrogens with zero attached hydrogens (tertiary/aromatic N) is 1. The third-order valence-electron chi connectivity index (χ3n) is 2.43. The quantitative estimate of drug-likeness (QED) is 0.943. The lowest BCUT2D eigenvalue weighted by Crippen LogP contribution is -2.05. The third-order valence-corrected chi connectivity index (χ3v) is 2.96. The van der Waals surface area contributed by atoms with Gasteiger partial charge in [0, 0.05) is 29.0 Å². The molecule has 1 aromatic carbocycles. The minimum absolute atomic E-state index is 0.488. The van der Waals surface area contributed by atoms with Gasteiger partial charge in [-0.15, -0.1) is 0 Å². The Morgan fingerprint density at radius 3 is 2.59 bits per heavy atom. The van der Waals surface area contributed by atoms with Crippen LogP contribution < -0.4 is 10.5 Å². The number of halogens is 1. The van der Waals surface area contributed by atoms with E-state index in [-0.39, 0.29) is 0 Å². The van der Waals surface area contributed by atoms with E-state index >= 15 is 0 Å². The molecule has 0 fully saturated rings. The van der Waals surface area contributed by atoms with Crippen molar-refractivity contribution >= 4 is 15.9 Å².